The van der Waals surface area contributed by atoms with Crippen molar-refractivity contribution in [2.24, 2.45) is 7.05 Å². The average Bonchev–Trinajstić information content (AvgIpc) is 3.11. The summed E-state index contributed by atoms with van der Waals surface area (Å²) in [5.74, 6) is 0.822. The van der Waals surface area contributed by atoms with E-state index in [-0.39, 0.29) is 10.6 Å². The zero-order valence-electron chi connectivity index (χ0n) is 17.9. The minimum Gasteiger partial charge on any atom is -0.465 e. The molecule has 162 valence electrons. The number of fused-ring (bicyclic) bond motifs is 1. The van der Waals surface area contributed by atoms with Gasteiger partial charge in [-0.05, 0) is 12.1 Å². The molecule has 3 aromatic rings. The van der Waals surface area contributed by atoms with Crippen molar-refractivity contribution in [1.29, 1.82) is 0 Å². The molecular formula is C22H24ClN5O3. The lowest BCUT2D eigenvalue weighted by molar-refractivity contribution is 0.0600. The van der Waals surface area contributed by atoms with E-state index in [9.17, 15) is 9.59 Å². The SMILES string of the molecule is COC(=O)c1ccccc1-n1ncc(N2CCc3c(nc(C(C)C)n3C)C2)c(Cl)c1=O. The van der Waals surface area contributed by atoms with Crippen LogP contribution in [-0.4, -0.2) is 39.0 Å². The summed E-state index contributed by atoms with van der Waals surface area (Å²) in [6.07, 6.45) is 2.37. The number of hydrogen-bond donors (Lipinski definition) is 0. The number of methoxy groups -OCH3 is 1. The van der Waals surface area contributed by atoms with Gasteiger partial charge < -0.3 is 14.2 Å². The third-order valence-electron chi connectivity index (χ3n) is 5.59. The first kappa shape index (κ1) is 21.1. The van der Waals surface area contributed by atoms with Gasteiger partial charge in [-0.3, -0.25) is 4.79 Å². The maximum atomic E-state index is 13.1. The fourth-order valence-corrected chi connectivity index (χ4v) is 4.28. The number of nitrogens with zero attached hydrogens (tertiary/aromatic N) is 5. The van der Waals surface area contributed by atoms with Gasteiger partial charge in [0.05, 0.1) is 42.5 Å². The van der Waals surface area contributed by atoms with Gasteiger partial charge in [-0.25, -0.2) is 9.78 Å². The Morgan fingerprint density at radius 3 is 2.68 bits per heavy atom. The highest BCUT2D eigenvalue weighted by atomic mass is 35.5. The zero-order valence-corrected chi connectivity index (χ0v) is 18.7. The number of carbonyl (C=O) groups is 1. The standard InChI is InChI=1S/C22H24ClN5O3/c1-13(2)20-25-15-12-27(10-9-17(15)26(20)3)18-11-24-28(21(29)19(18)23)16-8-6-5-7-14(16)22(30)31-4/h5-8,11,13H,9-10,12H2,1-4H3. The lowest BCUT2D eigenvalue weighted by Crippen LogP contribution is -2.34. The molecule has 0 atom stereocenters. The first-order valence-electron chi connectivity index (χ1n) is 10.1. The number of ether oxygens (including phenoxy) is 1. The second-order valence-electron chi connectivity index (χ2n) is 7.82. The van der Waals surface area contributed by atoms with Crippen LogP contribution in [0.2, 0.25) is 5.02 Å². The van der Waals surface area contributed by atoms with Crippen LogP contribution >= 0.6 is 11.6 Å². The molecule has 0 bridgehead atoms. The summed E-state index contributed by atoms with van der Waals surface area (Å²) in [5.41, 5.74) is 2.82. The van der Waals surface area contributed by atoms with Gasteiger partial charge >= 0.3 is 5.97 Å². The normalized spacial score (nSPS) is 13.4. The Hall–Kier alpha value is -3.13. The van der Waals surface area contributed by atoms with E-state index >= 15 is 0 Å². The zero-order chi connectivity index (χ0) is 22.3. The van der Waals surface area contributed by atoms with Crippen molar-refractivity contribution in [2.75, 3.05) is 18.6 Å². The van der Waals surface area contributed by atoms with Gasteiger partial charge in [0.1, 0.15) is 10.8 Å². The van der Waals surface area contributed by atoms with E-state index < -0.39 is 11.5 Å². The molecule has 0 saturated carbocycles. The first-order valence-corrected chi connectivity index (χ1v) is 10.5. The number of anilines is 1. The number of hydrogen-bond acceptors (Lipinski definition) is 6. The smallest absolute Gasteiger partial charge is 0.340 e. The van der Waals surface area contributed by atoms with Crippen LogP contribution in [0.1, 0.15) is 47.3 Å². The van der Waals surface area contributed by atoms with Crippen molar-refractivity contribution in [3.63, 3.8) is 0 Å². The number of aromatic nitrogens is 4. The number of rotatable bonds is 4. The predicted molar refractivity (Wildman–Crippen MR) is 118 cm³/mol. The molecule has 3 heterocycles. The van der Waals surface area contributed by atoms with E-state index in [4.69, 9.17) is 21.3 Å². The molecule has 1 aromatic carbocycles. The summed E-state index contributed by atoms with van der Waals surface area (Å²) >= 11 is 6.50. The van der Waals surface area contributed by atoms with Gasteiger partial charge in [-0.15, -0.1) is 0 Å². The van der Waals surface area contributed by atoms with Gasteiger partial charge in [0.15, 0.2) is 0 Å². The molecule has 31 heavy (non-hydrogen) atoms. The fraction of sp³-hybridized carbons (Fsp3) is 0.364. The number of benzene rings is 1. The van der Waals surface area contributed by atoms with E-state index in [1.165, 1.54) is 12.8 Å². The van der Waals surface area contributed by atoms with Crippen molar-refractivity contribution >= 4 is 23.3 Å². The van der Waals surface area contributed by atoms with E-state index in [0.717, 1.165) is 22.6 Å². The molecule has 0 saturated heterocycles. The molecular weight excluding hydrogens is 418 g/mol. The van der Waals surface area contributed by atoms with Crippen LogP contribution < -0.4 is 10.5 Å². The Bertz CT molecular complexity index is 1210. The van der Waals surface area contributed by atoms with Crippen LogP contribution in [-0.2, 0) is 24.8 Å². The molecule has 1 aliphatic heterocycles. The van der Waals surface area contributed by atoms with Gasteiger partial charge in [-0.1, -0.05) is 37.6 Å². The molecule has 0 spiro atoms. The number of imidazole rings is 1. The average molecular weight is 442 g/mol. The van der Waals surface area contributed by atoms with Gasteiger partial charge in [-0.2, -0.15) is 9.78 Å². The van der Waals surface area contributed by atoms with E-state index in [1.54, 1.807) is 30.5 Å². The highest BCUT2D eigenvalue weighted by molar-refractivity contribution is 6.33. The van der Waals surface area contributed by atoms with Crippen LogP contribution in [0.3, 0.4) is 0 Å². The van der Waals surface area contributed by atoms with Gasteiger partial charge in [0.2, 0.25) is 0 Å². The molecule has 1 aliphatic rings. The van der Waals surface area contributed by atoms with Crippen molar-refractivity contribution in [1.82, 2.24) is 19.3 Å². The van der Waals surface area contributed by atoms with Crippen LogP contribution in [0.25, 0.3) is 5.69 Å². The second kappa shape index (κ2) is 8.19. The lowest BCUT2D eigenvalue weighted by Gasteiger charge is -2.29. The Morgan fingerprint density at radius 1 is 1.23 bits per heavy atom. The minimum atomic E-state index is -0.552. The molecule has 2 aromatic heterocycles. The molecule has 9 heteroatoms. The van der Waals surface area contributed by atoms with Crippen LogP contribution in [0.15, 0.2) is 35.3 Å². The second-order valence-corrected chi connectivity index (χ2v) is 8.20. The van der Waals surface area contributed by atoms with Crippen LogP contribution in [0.4, 0.5) is 5.69 Å². The summed E-state index contributed by atoms with van der Waals surface area (Å²) in [5, 5.41) is 4.37. The van der Waals surface area contributed by atoms with E-state index in [2.05, 4.69) is 23.5 Å². The molecule has 4 rings (SSSR count). The Morgan fingerprint density at radius 2 is 1.97 bits per heavy atom. The molecule has 0 N–H and O–H groups in total. The largest absolute Gasteiger partial charge is 0.465 e. The molecule has 0 fully saturated rings. The molecule has 0 radical (unpaired) electrons. The Kier molecular flexibility index (Phi) is 5.58. The monoisotopic (exact) mass is 441 g/mol. The summed E-state index contributed by atoms with van der Waals surface area (Å²) in [6, 6.07) is 6.62. The Labute approximate surface area is 185 Å². The van der Waals surface area contributed by atoms with Crippen molar-refractivity contribution in [3.05, 3.63) is 68.6 Å². The number of esters is 1. The van der Waals surface area contributed by atoms with Gasteiger partial charge in [0.25, 0.3) is 5.56 Å². The predicted octanol–water partition coefficient (Wildman–Crippen LogP) is 3.09. The highest BCUT2D eigenvalue weighted by Gasteiger charge is 2.26. The van der Waals surface area contributed by atoms with Crippen molar-refractivity contribution in [2.45, 2.75) is 32.7 Å². The van der Waals surface area contributed by atoms with E-state index in [1.807, 2.05) is 11.9 Å². The fourth-order valence-electron chi connectivity index (χ4n) is 4.03. The number of para-hydroxylation sites is 1. The number of halogens is 1. The topological polar surface area (TPSA) is 82.2 Å². The summed E-state index contributed by atoms with van der Waals surface area (Å²) in [4.78, 5) is 32.0. The summed E-state index contributed by atoms with van der Waals surface area (Å²) < 4.78 is 8.11. The third-order valence-corrected chi connectivity index (χ3v) is 5.94. The maximum Gasteiger partial charge on any atom is 0.340 e. The summed E-state index contributed by atoms with van der Waals surface area (Å²) in [6.45, 7) is 5.50. The molecule has 0 aliphatic carbocycles. The van der Waals surface area contributed by atoms with Gasteiger partial charge in [0, 0.05) is 31.6 Å². The van der Waals surface area contributed by atoms with Crippen molar-refractivity contribution < 1.29 is 9.53 Å². The quantitative estimate of drug-likeness (QED) is 0.578. The van der Waals surface area contributed by atoms with Crippen LogP contribution in [0.5, 0.6) is 0 Å². The molecule has 8 nitrogen and oxygen atoms in total. The first-order chi connectivity index (χ1) is 14.8. The third kappa shape index (κ3) is 3.61. The molecule has 0 unspecified atom stereocenters. The highest BCUT2D eigenvalue weighted by Crippen LogP contribution is 2.29. The lowest BCUT2D eigenvalue weighted by atomic mass is 10.1. The Balaban J connectivity index is 1.71. The summed E-state index contributed by atoms with van der Waals surface area (Å²) in [7, 11) is 3.34. The van der Waals surface area contributed by atoms with Crippen LogP contribution in [0, 0.1) is 0 Å². The molecule has 0 amide bonds. The van der Waals surface area contributed by atoms with Crippen molar-refractivity contribution in [3.8, 4) is 5.69 Å². The van der Waals surface area contributed by atoms with E-state index in [0.29, 0.717) is 30.4 Å². The maximum absolute atomic E-state index is 13.1. The minimum absolute atomic E-state index is 0.0538. The number of carbonyl (C=O) groups excluding carboxylic acids is 1.